The Morgan fingerprint density at radius 1 is 1.42 bits per heavy atom. The molecule has 0 fully saturated rings. The Kier molecular flexibility index (Phi) is 4.61. The summed E-state index contributed by atoms with van der Waals surface area (Å²) in [5.74, 6) is 0.0855. The quantitative estimate of drug-likeness (QED) is 0.921. The van der Waals surface area contributed by atoms with E-state index in [1.807, 2.05) is 32.0 Å². The first kappa shape index (κ1) is 14.1. The van der Waals surface area contributed by atoms with E-state index in [2.05, 4.69) is 10.3 Å². The topological polar surface area (TPSA) is 45.2 Å². The lowest BCUT2D eigenvalue weighted by molar-refractivity contribution is -0.128. The number of amides is 1. The summed E-state index contributed by atoms with van der Waals surface area (Å²) < 4.78 is 1.02. The van der Waals surface area contributed by atoms with E-state index in [1.165, 1.54) is 11.3 Å². The molecule has 0 atom stereocenters. The minimum absolute atomic E-state index is 0.0855. The minimum atomic E-state index is 0.0855. The van der Waals surface area contributed by atoms with Gasteiger partial charge in [-0.1, -0.05) is 22.9 Å². The Balaban J connectivity index is 2.03. The maximum atomic E-state index is 11.9. The van der Waals surface area contributed by atoms with E-state index in [4.69, 9.17) is 11.6 Å². The largest absolute Gasteiger partial charge is 0.352 e. The van der Waals surface area contributed by atoms with Crippen molar-refractivity contribution in [3.05, 3.63) is 23.2 Å². The van der Waals surface area contributed by atoms with Gasteiger partial charge < -0.3 is 10.2 Å². The minimum Gasteiger partial charge on any atom is -0.352 e. The third kappa shape index (κ3) is 3.36. The van der Waals surface area contributed by atoms with Crippen molar-refractivity contribution >= 4 is 44.2 Å². The van der Waals surface area contributed by atoms with Crippen molar-refractivity contribution in [1.82, 2.24) is 9.88 Å². The average molecular weight is 298 g/mol. The van der Waals surface area contributed by atoms with Gasteiger partial charge in [0.15, 0.2) is 5.13 Å². The van der Waals surface area contributed by atoms with Gasteiger partial charge in [-0.2, -0.15) is 0 Å². The zero-order chi connectivity index (χ0) is 13.8. The van der Waals surface area contributed by atoms with Gasteiger partial charge in [-0.15, -0.1) is 0 Å². The predicted molar refractivity (Wildman–Crippen MR) is 81.0 cm³/mol. The number of halogens is 1. The van der Waals surface area contributed by atoms with Crippen LogP contribution in [0.25, 0.3) is 10.2 Å². The van der Waals surface area contributed by atoms with Crippen LogP contribution in [0.5, 0.6) is 0 Å². The van der Waals surface area contributed by atoms with Crippen molar-refractivity contribution in [2.75, 3.05) is 25.0 Å². The molecule has 2 aromatic rings. The van der Waals surface area contributed by atoms with Gasteiger partial charge in [0.1, 0.15) is 0 Å². The molecule has 6 heteroatoms. The number of anilines is 1. The lowest BCUT2D eigenvalue weighted by atomic mass is 10.3. The highest BCUT2D eigenvalue weighted by molar-refractivity contribution is 7.22. The zero-order valence-electron chi connectivity index (χ0n) is 10.9. The first-order chi connectivity index (χ1) is 9.13. The molecule has 19 heavy (non-hydrogen) atoms. The third-order valence-corrected chi connectivity index (χ3v) is 4.07. The molecule has 1 aromatic carbocycles. The van der Waals surface area contributed by atoms with Gasteiger partial charge in [-0.05, 0) is 32.0 Å². The Labute approximate surface area is 121 Å². The number of likely N-dealkylation sites (N-methyl/N-ethyl adjacent to an activating group) is 1. The van der Waals surface area contributed by atoms with Crippen molar-refractivity contribution in [2.45, 2.75) is 13.8 Å². The highest BCUT2D eigenvalue weighted by atomic mass is 35.5. The van der Waals surface area contributed by atoms with E-state index in [0.29, 0.717) is 5.02 Å². The predicted octanol–water partition coefficient (Wildman–Crippen LogP) is 3.23. The summed E-state index contributed by atoms with van der Waals surface area (Å²) in [4.78, 5) is 18.1. The number of fused-ring (bicyclic) bond motifs is 1. The van der Waals surface area contributed by atoms with Crippen LogP contribution in [0.2, 0.25) is 5.02 Å². The van der Waals surface area contributed by atoms with Gasteiger partial charge in [-0.25, -0.2) is 4.98 Å². The number of hydrogen-bond donors (Lipinski definition) is 1. The second-order valence-electron chi connectivity index (χ2n) is 4.05. The molecule has 2 rings (SSSR count). The Hall–Kier alpha value is -1.33. The van der Waals surface area contributed by atoms with Crippen molar-refractivity contribution in [3.8, 4) is 0 Å². The molecule has 1 aromatic heterocycles. The molecule has 0 saturated heterocycles. The summed E-state index contributed by atoms with van der Waals surface area (Å²) in [6, 6.07) is 5.58. The summed E-state index contributed by atoms with van der Waals surface area (Å²) in [7, 11) is 0. The third-order valence-electron chi connectivity index (χ3n) is 2.86. The summed E-state index contributed by atoms with van der Waals surface area (Å²) in [6.07, 6.45) is 0. The van der Waals surface area contributed by atoms with Crippen LogP contribution in [0.3, 0.4) is 0 Å². The normalized spacial score (nSPS) is 10.7. The fraction of sp³-hybridized carbons (Fsp3) is 0.385. The van der Waals surface area contributed by atoms with Crippen molar-refractivity contribution < 1.29 is 4.79 Å². The highest BCUT2D eigenvalue weighted by Crippen LogP contribution is 2.28. The molecule has 0 aliphatic heterocycles. The van der Waals surface area contributed by atoms with E-state index in [1.54, 1.807) is 4.90 Å². The number of thiazole rings is 1. The maximum absolute atomic E-state index is 11.9. The molecule has 1 N–H and O–H groups in total. The molecule has 1 amide bonds. The van der Waals surface area contributed by atoms with Crippen molar-refractivity contribution in [2.24, 2.45) is 0 Å². The average Bonchev–Trinajstić information content (AvgIpc) is 2.79. The number of benzene rings is 1. The Morgan fingerprint density at radius 3 is 2.84 bits per heavy atom. The van der Waals surface area contributed by atoms with Gasteiger partial charge in [0.25, 0.3) is 0 Å². The van der Waals surface area contributed by atoms with Gasteiger partial charge in [0.2, 0.25) is 5.91 Å². The van der Waals surface area contributed by atoms with Crippen molar-refractivity contribution in [3.63, 3.8) is 0 Å². The fourth-order valence-electron chi connectivity index (χ4n) is 1.81. The lowest BCUT2D eigenvalue weighted by Crippen LogP contribution is -2.35. The number of hydrogen-bond acceptors (Lipinski definition) is 4. The van der Waals surface area contributed by atoms with Crippen LogP contribution in [-0.2, 0) is 4.79 Å². The van der Waals surface area contributed by atoms with Crippen molar-refractivity contribution in [1.29, 1.82) is 0 Å². The van der Waals surface area contributed by atoms with Gasteiger partial charge in [-0.3, -0.25) is 4.79 Å². The van der Waals surface area contributed by atoms with Crippen LogP contribution in [0.15, 0.2) is 18.2 Å². The SMILES string of the molecule is CCN(CC)C(=O)CNc1nc2ccc(Cl)cc2s1. The molecule has 1 heterocycles. The van der Waals surface area contributed by atoms with E-state index >= 15 is 0 Å². The number of carbonyl (C=O) groups excluding carboxylic acids is 1. The van der Waals surface area contributed by atoms with Crippen LogP contribution in [0, 0.1) is 0 Å². The Bertz CT molecular complexity index is 580. The Morgan fingerprint density at radius 2 is 2.16 bits per heavy atom. The molecule has 0 spiro atoms. The number of aromatic nitrogens is 1. The van der Waals surface area contributed by atoms with Crippen LogP contribution >= 0.6 is 22.9 Å². The molecule has 102 valence electrons. The molecular formula is C13H16ClN3OS. The molecule has 4 nitrogen and oxygen atoms in total. The maximum Gasteiger partial charge on any atom is 0.241 e. The van der Waals surface area contributed by atoms with Gasteiger partial charge in [0, 0.05) is 18.1 Å². The molecular weight excluding hydrogens is 282 g/mol. The number of nitrogens with zero attached hydrogens (tertiary/aromatic N) is 2. The first-order valence-corrected chi connectivity index (χ1v) is 7.41. The summed E-state index contributed by atoms with van der Waals surface area (Å²) in [5.41, 5.74) is 0.896. The first-order valence-electron chi connectivity index (χ1n) is 6.21. The summed E-state index contributed by atoms with van der Waals surface area (Å²) in [6.45, 7) is 5.68. The number of nitrogens with one attached hydrogen (secondary N) is 1. The van der Waals surface area contributed by atoms with Gasteiger partial charge in [0.05, 0.1) is 16.8 Å². The standard InChI is InChI=1S/C13H16ClN3OS/c1-3-17(4-2)12(18)8-15-13-16-10-6-5-9(14)7-11(10)19-13/h5-7H,3-4,8H2,1-2H3,(H,15,16). The van der Waals surface area contributed by atoms with E-state index in [0.717, 1.165) is 28.4 Å². The second-order valence-corrected chi connectivity index (χ2v) is 5.52. The van der Waals surface area contributed by atoms with Crippen LogP contribution in [0.4, 0.5) is 5.13 Å². The smallest absolute Gasteiger partial charge is 0.241 e. The lowest BCUT2D eigenvalue weighted by Gasteiger charge is -2.18. The number of carbonyl (C=O) groups is 1. The van der Waals surface area contributed by atoms with Crippen LogP contribution < -0.4 is 5.32 Å². The fourth-order valence-corrected chi connectivity index (χ4v) is 2.95. The van der Waals surface area contributed by atoms with E-state index in [9.17, 15) is 4.79 Å². The second kappa shape index (κ2) is 6.21. The van der Waals surface area contributed by atoms with Crippen LogP contribution in [-0.4, -0.2) is 35.4 Å². The van der Waals surface area contributed by atoms with E-state index < -0.39 is 0 Å². The van der Waals surface area contributed by atoms with E-state index in [-0.39, 0.29) is 12.5 Å². The van der Waals surface area contributed by atoms with Crippen LogP contribution in [0.1, 0.15) is 13.8 Å². The zero-order valence-corrected chi connectivity index (χ0v) is 12.5. The van der Waals surface area contributed by atoms with Gasteiger partial charge >= 0.3 is 0 Å². The summed E-state index contributed by atoms with van der Waals surface area (Å²) in [5, 5.41) is 4.52. The molecule has 0 aliphatic rings. The molecule has 0 saturated carbocycles. The summed E-state index contributed by atoms with van der Waals surface area (Å²) >= 11 is 7.44. The molecule has 0 bridgehead atoms. The molecule has 0 aliphatic carbocycles. The number of rotatable bonds is 5. The molecule has 0 radical (unpaired) electrons. The monoisotopic (exact) mass is 297 g/mol. The molecule has 0 unspecified atom stereocenters. The highest BCUT2D eigenvalue weighted by Gasteiger charge is 2.10.